The first kappa shape index (κ1) is 16.1. The maximum absolute atomic E-state index is 5.20. The average molecular weight is 286 g/mol. The predicted octanol–water partition coefficient (Wildman–Crippen LogP) is 5.93. The van der Waals surface area contributed by atoms with Gasteiger partial charge in [0.15, 0.2) is 0 Å². The van der Waals surface area contributed by atoms with Gasteiger partial charge in [-0.2, -0.15) is 0 Å². The van der Waals surface area contributed by atoms with Crippen molar-refractivity contribution in [3.63, 3.8) is 0 Å². The Morgan fingerprint density at radius 2 is 1.90 bits per heavy atom. The summed E-state index contributed by atoms with van der Waals surface area (Å²) in [6, 6.07) is 8.51. The quantitative estimate of drug-likeness (QED) is 0.425. The largest absolute Gasteiger partial charge is 0.497 e. The van der Waals surface area contributed by atoms with Crippen molar-refractivity contribution in [1.82, 2.24) is 0 Å². The van der Waals surface area contributed by atoms with E-state index in [4.69, 9.17) is 4.74 Å². The normalized spacial score (nSPS) is 18.4. The summed E-state index contributed by atoms with van der Waals surface area (Å²) in [7, 11) is 1.72. The molecule has 1 aliphatic rings. The third-order valence-electron chi connectivity index (χ3n) is 4.72. The number of ether oxygens (including phenoxy) is 1. The SMILES string of the molecule is CCCCCC1CC=C(CCc2ccc(OC)cc2)CC1. The van der Waals surface area contributed by atoms with E-state index in [0.717, 1.165) is 18.1 Å². The van der Waals surface area contributed by atoms with E-state index in [2.05, 4.69) is 37.3 Å². The molecule has 1 unspecified atom stereocenters. The molecule has 0 fully saturated rings. The lowest BCUT2D eigenvalue weighted by atomic mass is 9.84. The molecule has 1 aromatic carbocycles. The van der Waals surface area contributed by atoms with Gasteiger partial charge >= 0.3 is 0 Å². The van der Waals surface area contributed by atoms with E-state index in [1.54, 1.807) is 12.7 Å². The van der Waals surface area contributed by atoms with Crippen LogP contribution >= 0.6 is 0 Å². The molecule has 1 aromatic rings. The molecular formula is C20H30O. The van der Waals surface area contributed by atoms with Crippen LogP contribution in [0.2, 0.25) is 0 Å². The lowest BCUT2D eigenvalue weighted by molar-refractivity contribution is 0.413. The van der Waals surface area contributed by atoms with Crippen molar-refractivity contribution in [2.45, 2.75) is 64.7 Å². The molecule has 0 bridgehead atoms. The smallest absolute Gasteiger partial charge is 0.118 e. The van der Waals surface area contributed by atoms with Crippen molar-refractivity contribution in [2.75, 3.05) is 7.11 Å². The van der Waals surface area contributed by atoms with Crippen LogP contribution in [0.25, 0.3) is 0 Å². The fourth-order valence-electron chi connectivity index (χ4n) is 3.21. The van der Waals surface area contributed by atoms with Gasteiger partial charge in [0.1, 0.15) is 5.75 Å². The molecule has 0 radical (unpaired) electrons. The van der Waals surface area contributed by atoms with Gasteiger partial charge in [-0.1, -0.05) is 56.4 Å². The standard InChI is InChI=1S/C20H30O/c1-3-4-5-6-17-7-9-18(10-8-17)11-12-19-13-15-20(21-2)16-14-19/h9,13-17H,3-8,10-12H2,1-2H3. The van der Waals surface area contributed by atoms with Crippen LogP contribution in [0, 0.1) is 5.92 Å². The number of hydrogen-bond donors (Lipinski definition) is 0. The van der Waals surface area contributed by atoms with Crippen LogP contribution in [0.15, 0.2) is 35.9 Å². The highest BCUT2D eigenvalue weighted by atomic mass is 16.5. The molecule has 0 heterocycles. The number of allylic oxidation sites excluding steroid dienone is 2. The summed E-state index contributed by atoms with van der Waals surface area (Å²) in [6.07, 6.45) is 14.6. The summed E-state index contributed by atoms with van der Waals surface area (Å²) in [6.45, 7) is 2.29. The minimum atomic E-state index is 0.950. The second kappa shape index (κ2) is 8.92. The van der Waals surface area contributed by atoms with Gasteiger partial charge in [0.25, 0.3) is 0 Å². The van der Waals surface area contributed by atoms with Crippen LogP contribution in [0.1, 0.15) is 63.9 Å². The zero-order valence-electron chi connectivity index (χ0n) is 13.7. The van der Waals surface area contributed by atoms with Gasteiger partial charge in [-0.3, -0.25) is 0 Å². The second-order valence-electron chi connectivity index (χ2n) is 6.35. The van der Waals surface area contributed by atoms with Gasteiger partial charge in [0.2, 0.25) is 0 Å². The van der Waals surface area contributed by atoms with Crippen LogP contribution in [-0.4, -0.2) is 7.11 Å². The van der Waals surface area contributed by atoms with Gasteiger partial charge < -0.3 is 4.74 Å². The molecular weight excluding hydrogens is 256 g/mol. The Balaban J connectivity index is 1.71. The number of rotatable bonds is 8. The monoisotopic (exact) mass is 286 g/mol. The van der Waals surface area contributed by atoms with Gasteiger partial charge in [0, 0.05) is 0 Å². The molecule has 0 saturated heterocycles. The van der Waals surface area contributed by atoms with Crippen LogP contribution in [0.5, 0.6) is 5.75 Å². The molecule has 0 spiro atoms. The first-order valence-electron chi connectivity index (χ1n) is 8.62. The van der Waals surface area contributed by atoms with Crippen LogP contribution in [0.4, 0.5) is 0 Å². The van der Waals surface area contributed by atoms with Gasteiger partial charge in [-0.15, -0.1) is 0 Å². The Morgan fingerprint density at radius 1 is 1.10 bits per heavy atom. The summed E-state index contributed by atoms with van der Waals surface area (Å²) < 4.78 is 5.20. The fraction of sp³-hybridized carbons (Fsp3) is 0.600. The number of aryl methyl sites for hydroxylation is 1. The number of benzene rings is 1. The zero-order chi connectivity index (χ0) is 14.9. The Hall–Kier alpha value is -1.24. The zero-order valence-corrected chi connectivity index (χ0v) is 13.7. The summed E-state index contributed by atoms with van der Waals surface area (Å²) >= 11 is 0. The average Bonchev–Trinajstić information content (AvgIpc) is 2.55. The van der Waals surface area contributed by atoms with Crippen LogP contribution in [-0.2, 0) is 6.42 Å². The van der Waals surface area contributed by atoms with Crippen molar-refractivity contribution < 1.29 is 4.74 Å². The first-order chi connectivity index (χ1) is 10.3. The van der Waals surface area contributed by atoms with Crippen LogP contribution < -0.4 is 4.74 Å². The first-order valence-corrected chi connectivity index (χ1v) is 8.62. The minimum Gasteiger partial charge on any atom is -0.497 e. The van der Waals surface area contributed by atoms with E-state index < -0.39 is 0 Å². The molecule has 1 aliphatic carbocycles. The van der Waals surface area contributed by atoms with E-state index in [9.17, 15) is 0 Å². The number of unbranched alkanes of at least 4 members (excludes halogenated alkanes) is 2. The highest BCUT2D eigenvalue weighted by molar-refractivity contribution is 5.27. The number of methoxy groups -OCH3 is 1. The number of hydrogen-bond acceptors (Lipinski definition) is 1. The molecule has 1 atom stereocenters. The summed E-state index contributed by atoms with van der Waals surface area (Å²) in [5.41, 5.74) is 3.10. The van der Waals surface area contributed by atoms with Crippen molar-refractivity contribution in [3.8, 4) is 5.75 Å². The highest BCUT2D eigenvalue weighted by Crippen LogP contribution is 2.29. The maximum atomic E-state index is 5.20. The molecule has 21 heavy (non-hydrogen) atoms. The third kappa shape index (κ3) is 5.57. The van der Waals surface area contributed by atoms with Gasteiger partial charge in [0.05, 0.1) is 7.11 Å². The second-order valence-corrected chi connectivity index (χ2v) is 6.35. The van der Waals surface area contributed by atoms with E-state index in [1.165, 1.54) is 56.9 Å². The predicted molar refractivity (Wildman–Crippen MR) is 90.9 cm³/mol. The Bertz CT molecular complexity index is 430. The van der Waals surface area contributed by atoms with Crippen molar-refractivity contribution in [1.29, 1.82) is 0 Å². The van der Waals surface area contributed by atoms with Gasteiger partial charge in [-0.25, -0.2) is 0 Å². The van der Waals surface area contributed by atoms with Gasteiger partial charge in [-0.05, 0) is 55.7 Å². The van der Waals surface area contributed by atoms with E-state index in [-0.39, 0.29) is 0 Å². The van der Waals surface area contributed by atoms with E-state index in [1.807, 2.05) is 0 Å². The molecule has 0 aliphatic heterocycles. The lowest BCUT2D eigenvalue weighted by Crippen LogP contribution is -2.06. The molecule has 116 valence electrons. The molecule has 2 rings (SSSR count). The topological polar surface area (TPSA) is 9.23 Å². The third-order valence-corrected chi connectivity index (χ3v) is 4.72. The molecule has 1 heteroatoms. The highest BCUT2D eigenvalue weighted by Gasteiger charge is 2.13. The van der Waals surface area contributed by atoms with Crippen molar-refractivity contribution in [2.24, 2.45) is 5.92 Å². The van der Waals surface area contributed by atoms with Crippen LogP contribution in [0.3, 0.4) is 0 Å². The lowest BCUT2D eigenvalue weighted by Gasteiger charge is -2.22. The molecule has 0 aromatic heterocycles. The fourth-order valence-corrected chi connectivity index (χ4v) is 3.21. The van der Waals surface area contributed by atoms with Crippen molar-refractivity contribution in [3.05, 3.63) is 41.5 Å². The summed E-state index contributed by atoms with van der Waals surface area (Å²) in [5.74, 6) is 1.91. The van der Waals surface area contributed by atoms with Crippen molar-refractivity contribution >= 4 is 0 Å². The van der Waals surface area contributed by atoms with E-state index in [0.29, 0.717) is 0 Å². The molecule has 1 nitrogen and oxygen atoms in total. The Labute approximate surface area is 130 Å². The summed E-state index contributed by atoms with van der Waals surface area (Å²) in [4.78, 5) is 0. The summed E-state index contributed by atoms with van der Waals surface area (Å²) in [5, 5.41) is 0. The Morgan fingerprint density at radius 3 is 2.52 bits per heavy atom. The van der Waals surface area contributed by atoms with E-state index >= 15 is 0 Å². The molecule has 0 N–H and O–H groups in total. The molecule has 0 saturated carbocycles. The molecule has 0 amide bonds. The Kier molecular flexibility index (Phi) is 6.85. The minimum absolute atomic E-state index is 0.950. The maximum Gasteiger partial charge on any atom is 0.118 e.